The molecule has 3 unspecified atom stereocenters. The molecule has 2 aliphatic heterocycles. The number of thiazole rings is 1. The lowest BCUT2D eigenvalue weighted by Crippen LogP contribution is -2.33. The van der Waals surface area contributed by atoms with Gasteiger partial charge in [0, 0.05) is 32.1 Å². The van der Waals surface area contributed by atoms with Crippen molar-refractivity contribution in [3.05, 3.63) is 103 Å². The predicted octanol–water partition coefficient (Wildman–Crippen LogP) is 5.36. The van der Waals surface area contributed by atoms with Gasteiger partial charge in [0.15, 0.2) is 0 Å². The predicted molar refractivity (Wildman–Crippen MR) is 156 cm³/mol. The van der Waals surface area contributed by atoms with E-state index in [1.54, 1.807) is 66.7 Å². The fourth-order valence-corrected chi connectivity index (χ4v) is 8.08. The highest BCUT2D eigenvalue weighted by atomic mass is 35.5. The first-order chi connectivity index (χ1) is 19.2. The monoisotopic (exact) mass is 611 g/mol. The van der Waals surface area contributed by atoms with Crippen molar-refractivity contribution in [2.75, 3.05) is 10.2 Å². The molecule has 1 saturated heterocycles. The van der Waals surface area contributed by atoms with Crippen LogP contribution in [0.25, 0.3) is 0 Å². The number of aromatic nitrogens is 1. The average molecular weight is 613 g/mol. The highest BCUT2D eigenvalue weighted by molar-refractivity contribution is 8.00. The molecule has 4 aromatic rings. The van der Waals surface area contributed by atoms with E-state index in [1.807, 2.05) is 0 Å². The third-order valence-corrected chi connectivity index (χ3v) is 9.94. The second-order valence-electron chi connectivity index (χ2n) is 9.27. The molecule has 40 heavy (non-hydrogen) atoms. The second-order valence-corrected chi connectivity index (χ2v) is 12.3. The molecule has 2 aliphatic rings. The minimum Gasteiger partial charge on any atom is -0.508 e. The number of hydrogen-bond donors (Lipinski definition) is 2. The zero-order chi connectivity index (χ0) is 28.1. The summed E-state index contributed by atoms with van der Waals surface area (Å²) in [5, 5.41) is 14.1. The van der Waals surface area contributed by atoms with E-state index >= 15 is 0 Å². The van der Waals surface area contributed by atoms with Crippen molar-refractivity contribution in [1.29, 1.82) is 0 Å². The van der Waals surface area contributed by atoms with Crippen molar-refractivity contribution >= 4 is 75.4 Å². The van der Waals surface area contributed by atoms with Crippen LogP contribution in [0, 0.1) is 5.92 Å². The van der Waals surface area contributed by atoms with Crippen LogP contribution in [-0.4, -0.2) is 32.6 Å². The number of aromatic hydroxyl groups is 1. The zero-order valence-electron chi connectivity index (χ0n) is 20.4. The Balaban J connectivity index is 1.41. The first-order valence-corrected chi connectivity index (χ1v) is 14.5. The number of hydrogen-bond acceptors (Lipinski definition) is 7. The van der Waals surface area contributed by atoms with Gasteiger partial charge in [-0.3, -0.25) is 23.7 Å². The summed E-state index contributed by atoms with van der Waals surface area (Å²) in [6.45, 7) is -0.297. The zero-order valence-corrected chi connectivity index (χ0v) is 23.6. The van der Waals surface area contributed by atoms with E-state index in [0.717, 1.165) is 28.0 Å². The molecule has 3 amide bonds. The molecule has 2 N–H and O–H groups in total. The number of nitrogens with one attached hydrogen (secondary N) is 1. The SMILES string of the molecule is O=C(Cn1c2c(sc1=O)C(c1ccccc1O)C1C(=O)N(c3ccc(Cl)cc3)C(=O)C1S2)Nc1ccc(Cl)cc1. The first-order valence-electron chi connectivity index (χ1n) is 12.1. The number of para-hydroxylation sites is 1. The van der Waals surface area contributed by atoms with Gasteiger partial charge >= 0.3 is 4.87 Å². The van der Waals surface area contributed by atoms with Crippen molar-refractivity contribution < 1.29 is 19.5 Å². The minimum atomic E-state index is -0.875. The third kappa shape index (κ3) is 4.60. The molecular weight excluding hydrogens is 593 g/mol. The minimum absolute atomic E-state index is 0.0535. The Morgan fingerprint density at radius 3 is 2.23 bits per heavy atom. The maximum atomic E-state index is 13.9. The Morgan fingerprint density at radius 1 is 0.900 bits per heavy atom. The van der Waals surface area contributed by atoms with Gasteiger partial charge in [-0.25, -0.2) is 4.90 Å². The highest BCUT2D eigenvalue weighted by Crippen LogP contribution is 2.55. The van der Waals surface area contributed by atoms with Crippen molar-refractivity contribution in [2.24, 2.45) is 5.92 Å². The highest BCUT2D eigenvalue weighted by Gasteiger charge is 2.57. The summed E-state index contributed by atoms with van der Waals surface area (Å²) >= 11 is 14.0. The summed E-state index contributed by atoms with van der Waals surface area (Å²) in [5.74, 6) is -3.01. The van der Waals surface area contributed by atoms with E-state index < -0.39 is 39.7 Å². The van der Waals surface area contributed by atoms with Crippen LogP contribution in [0.1, 0.15) is 16.4 Å². The van der Waals surface area contributed by atoms with Crippen LogP contribution in [0.3, 0.4) is 0 Å². The quantitative estimate of drug-likeness (QED) is 0.294. The number of halogens is 2. The van der Waals surface area contributed by atoms with Gasteiger partial charge in [-0.05, 0) is 54.6 Å². The van der Waals surface area contributed by atoms with Crippen LogP contribution in [0.2, 0.25) is 10.0 Å². The van der Waals surface area contributed by atoms with Gasteiger partial charge in [0.05, 0.1) is 16.6 Å². The molecular formula is C28H19Cl2N3O5S2. The van der Waals surface area contributed by atoms with E-state index in [0.29, 0.717) is 36.9 Å². The maximum absolute atomic E-state index is 13.9. The standard InChI is InChI=1S/C28H19Cl2N3O5S2/c29-14-5-9-16(10-6-14)31-20(35)13-32-27-24(40-28(32)38)21(18-3-1-2-4-19(18)34)22-23(39-27)26(37)33(25(22)36)17-11-7-15(30)8-12-17/h1-12,21-23,34H,13H2,(H,31,35). The molecule has 3 heterocycles. The molecule has 6 rings (SSSR count). The number of nitrogens with zero attached hydrogens (tertiary/aromatic N) is 2. The summed E-state index contributed by atoms with van der Waals surface area (Å²) in [6.07, 6.45) is 0. The molecule has 12 heteroatoms. The van der Waals surface area contributed by atoms with Gasteiger partial charge < -0.3 is 10.4 Å². The number of phenolic OH excluding ortho intramolecular Hbond substituents is 1. The smallest absolute Gasteiger partial charge is 0.308 e. The molecule has 202 valence electrons. The van der Waals surface area contributed by atoms with Gasteiger partial charge in [0.1, 0.15) is 17.5 Å². The number of carbonyl (C=O) groups excluding carboxylic acids is 3. The Bertz CT molecular complexity index is 1720. The van der Waals surface area contributed by atoms with Crippen LogP contribution in [0.4, 0.5) is 11.4 Å². The fraction of sp³-hybridized carbons (Fsp3) is 0.143. The van der Waals surface area contributed by atoms with Crippen molar-refractivity contribution in [2.45, 2.75) is 22.7 Å². The topological polar surface area (TPSA) is 109 Å². The summed E-state index contributed by atoms with van der Waals surface area (Å²) < 4.78 is 1.32. The number of imide groups is 1. The molecule has 8 nitrogen and oxygen atoms in total. The molecule has 1 aromatic heterocycles. The average Bonchev–Trinajstić information content (AvgIpc) is 3.37. The van der Waals surface area contributed by atoms with Crippen molar-refractivity contribution in [3.63, 3.8) is 0 Å². The number of benzene rings is 3. The molecule has 0 radical (unpaired) electrons. The Hall–Kier alpha value is -3.57. The third-order valence-electron chi connectivity index (χ3n) is 6.84. The number of carbonyl (C=O) groups is 3. The van der Waals surface area contributed by atoms with Crippen molar-refractivity contribution in [3.8, 4) is 5.75 Å². The van der Waals surface area contributed by atoms with Crippen molar-refractivity contribution in [1.82, 2.24) is 4.57 Å². The number of amides is 3. The largest absolute Gasteiger partial charge is 0.508 e. The summed E-state index contributed by atoms with van der Waals surface area (Å²) in [5.41, 5.74) is 1.33. The summed E-state index contributed by atoms with van der Waals surface area (Å²) in [6, 6.07) is 19.5. The molecule has 0 saturated carbocycles. The lowest BCUT2D eigenvalue weighted by Gasteiger charge is -2.31. The Morgan fingerprint density at radius 2 is 1.55 bits per heavy atom. The van der Waals surface area contributed by atoms with E-state index in [1.165, 1.54) is 10.6 Å². The number of phenols is 1. The van der Waals surface area contributed by atoms with E-state index in [2.05, 4.69) is 5.32 Å². The molecule has 1 fully saturated rings. The van der Waals surface area contributed by atoms with E-state index in [4.69, 9.17) is 23.2 Å². The van der Waals surface area contributed by atoms with Crippen LogP contribution >= 0.6 is 46.3 Å². The Labute approximate surface area is 246 Å². The van der Waals surface area contributed by atoms with Crippen LogP contribution in [-0.2, 0) is 20.9 Å². The van der Waals surface area contributed by atoms with Gasteiger partial charge in [0.2, 0.25) is 17.7 Å². The first kappa shape index (κ1) is 26.6. The number of fused-ring (bicyclic) bond motifs is 2. The molecule has 0 spiro atoms. The fourth-order valence-electron chi connectivity index (χ4n) is 5.06. The van der Waals surface area contributed by atoms with Gasteiger partial charge in [0.25, 0.3) is 0 Å². The number of thioether (sulfide) groups is 1. The molecule has 3 atom stereocenters. The van der Waals surface area contributed by atoms with Crippen LogP contribution in [0.5, 0.6) is 5.75 Å². The molecule has 0 bridgehead atoms. The normalized spacial score (nSPS) is 19.9. The lowest BCUT2D eigenvalue weighted by atomic mass is 9.82. The van der Waals surface area contributed by atoms with Gasteiger partial charge in [-0.1, -0.05) is 64.5 Å². The molecule has 3 aromatic carbocycles. The van der Waals surface area contributed by atoms with Gasteiger partial charge in [-0.2, -0.15) is 0 Å². The number of anilines is 2. The van der Waals surface area contributed by atoms with Gasteiger partial charge in [-0.15, -0.1) is 0 Å². The second kappa shape index (κ2) is 10.4. The Kier molecular flexibility index (Phi) is 6.95. The van der Waals surface area contributed by atoms with E-state index in [9.17, 15) is 24.3 Å². The van der Waals surface area contributed by atoms with Crippen LogP contribution in [0.15, 0.2) is 82.6 Å². The number of rotatable bonds is 5. The lowest BCUT2D eigenvalue weighted by molar-refractivity contribution is -0.122. The molecule has 0 aliphatic carbocycles. The summed E-state index contributed by atoms with van der Waals surface area (Å²) in [7, 11) is 0. The van der Waals surface area contributed by atoms with Crippen LogP contribution < -0.4 is 15.1 Å². The van der Waals surface area contributed by atoms with E-state index in [-0.39, 0.29) is 12.3 Å². The maximum Gasteiger partial charge on any atom is 0.308 e. The summed E-state index contributed by atoms with van der Waals surface area (Å²) in [4.78, 5) is 55.0.